The fourth-order valence-corrected chi connectivity index (χ4v) is 6.19. The number of benzene rings is 2. The first-order valence-electron chi connectivity index (χ1n) is 7.90. The van der Waals surface area contributed by atoms with Crippen LogP contribution in [-0.4, -0.2) is 44.7 Å². The molecule has 25 heavy (non-hydrogen) atoms. The fraction of sp³-hybridized carbons (Fsp3) is 0.294. The minimum Gasteiger partial charge on any atom is -0.207 e. The van der Waals surface area contributed by atoms with Gasteiger partial charge in [-0.25, -0.2) is 16.8 Å². The molecule has 1 saturated heterocycles. The van der Waals surface area contributed by atoms with E-state index >= 15 is 0 Å². The highest BCUT2D eigenvalue weighted by atomic mass is 32.2. The highest BCUT2D eigenvalue weighted by Gasteiger charge is 2.43. The number of hydrogen-bond donors (Lipinski definition) is 0. The van der Waals surface area contributed by atoms with Gasteiger partial charge in [0, 0.05) is 13.1 Å². The number of rotatable bonds is 4. The molecular formula is C17H20N2O4S2. The lowest BCUT2D eigenvalue weighted by molar-refractivity contribution is 0.308. The van der Waals surface area contributed by atoms with Crippen LogP contribution in [0.5, 0.6) is 0 Å². The van der Waals surface area contributed by atoms with Gasteiger partial charge in [-0.1, -0.05) is 35.9 Å². The predicted octanol–water partition coefficient (Wildman–Crippen LogP) is 2.04. The van der Waals surface area contributed by atoms with E-state index in [2.05, 4.69) is 0 Å². The average molecular weight is 380 g/mol. The summed E-state index contributed by atoms with van der Waals surface area (Å²) in [6.45, 7) is 3.73. The SMILES string of the molecule is Cc1ccc(S(=O)(=O)N2CCN(S(=O)(=O)c3ccccc3)[C@@H]2C)cc1. The molecule has 6 nitrogen and oxygen atoms in total. The minimum absolute atomic E-state index is 0.128. The van der Waals surface area contributed by atoms with Gasteiger partial charge in [0.1, 0.15) is 0 Å². The zero-order valence-electron chi connectivity index (χ0n) is 14.0. The van der Waals surface area contributed by atoms with Crippen LogP contribution in [-0.2, 0) is 20.0 Å². The van der Waals surface area contributed by atoms with Crippen molar-refractivity contribution in [1.29, 1.82) is 0 Å². The molecule has 2 aromatic rings. The van der Waals surface area contributed by atoms with Crippen molar-refractivity contribution in [3.05, 3.63) is 60.2 Å². The lowest BCUT2D eigenvalue weighted by Crippen LogP contribution is -2.42. The summed E-state index contributed by atoms with van der Waals surface area (Å²) in [5.74, 6) is 0. The van der Waals surface area contributed by atoms with E-state index in [1.54, 1.807) is 49.4 Å². The summed E-state index contributed by atoms with van der Waals surface area (Å²) < 4.78 is 53.8. The molecule has 1 atom stereocenters. The molecule has 1 heterocycles. The van der Waals surface area contributed by atoms with Crippen LogP contribution < -0.4 is 0 Å². The van der Waals surface area contributed by atoms with E-state index < -0.39 is 26.2 Å². The molecule has 3 rings (SSSR count). The topological polar surface area (TPSA) is 74.8 Å². The summed E-state index contributed by atoms with van der Waals surface area (Å²) in [6.07, 6.45) is -0.781. The minimum atomic E-state index is -3.75. The molecule has 8 heteroatoms. The highest BCUT2D eigenvalue weighted by molar-refractivity contribution is 7.90. The van der Waals surface area contributed by atoms with E-state index in [1.807, 2.05) is 6.92 Å². The Morgan fingerprint density at radius 3 is 1.68 bits per heavy atom. The highest BCUT2D eigenvalue weighted by Crippen LogP contribution is 2.28. The summed E-state index contributed by atoms with van der Waals surface area (Å²) in [6, 6.07) is 14.6. The van der Waals surface area contributed by atoms with Crippen molar-refractivity contribution in [3.8, 4) is 0 Å². The Morgan fingerprint density at radius 1 is 0.760 bits per heavy atom. The van der Waals surface area contributed by atoms with Crippen LogP contribution in [0.25, 0.3) is 0 Å². The van der Waals surface area contributed by atoms with E-state index in [9.17, 15) is 16.8 Å². The molecule has 134 valence electrons. The maximum absolute atomic E-state index is 12.9. The molecule has 0 aliphatic carbocycles. The van der Waals surface area contributed by atoms with Gasteiger partial charge in [0.15, 0.2) is 0 Å². The largest absolute Gasteiger partial charge is 0.244 e. The zero-order valence-corrected chi connectivity index (χ0v) is 15.7. The maximum atomic E-state index is 12.9. The van der Waals surface area contributed by atoms with Crippen molar-refractivity contribution in [3.63, 3.8) is 0 Å². The third kappa shape index (κ3) is 3.22. The summed E-state index contributed by atoms with van der Waals surface area (Å²) in [4.78, 5) is 0.334. The van der Waals surface area contributed by atoms with E-state index in [0.717, 1.165) is 5.56 Å². The molecule has 0 N–H and O–H groups in total. The molecule has 1 fully saturated rings. The lowest BCUT2D eigenvalue weighted by atomic mass is 10.2. The van der Waals surface area contributed by atoms with Gasteiger partial charge in [0.25, 0.3) is 0 Å². The second-order valence-corrected chi connectivity index (χ2v) is 9.77. The third-order valence-corrected chi connectivity index (χ3v) is 8.30. The number of sulfonamides is 2. The summed E-state index contributed by atoms with van der Waals surface area (Å²) in [5, 5.41) is 0. The Balaban J connectivity index is 1.92. The first kappa shape index (κ1) is 18.1. The van der Waals surface area contributed by atoms with Crippen LogP contribution in [0.4, 0.5) is 0 Å². The predicted molar refractivity (Wildman–Crippen MR) is 94.9 cm³/mol. The van der Waals surface area contributed by atoms with Crippen LogP contribution in [0.3, 0.4) is 0 Å². The number of aryl methyl sites for hydroxylation is 1. The van der Waals surface area contributed by atoms with Gasteiger partial charge >= 0.3 is 0 Å². The van der Waals surface area contributed by atoms with Crippen molar-refractivity contribution < 1.29 is 16.8 Å². The quantitative estimate of drug-likeness (QED) is 0.813. The van der Waals surface area contributed by atoms with E-state index in [0.29, 0.717) is 0 Å². The number of nitrogens with zero attached hydrogens (tertiary/aromatic N) is 2. The Morgan fingerprint density at radius 2 is 1.20 bits per heavy atom. The van der Waals surface area contributed by atoms with E-state index in [4.69, 9.17) is 0 Å². The smallest absolute Gasteiger partial charge is 0.207 e. The van der Waals surface area contributed by atoms with Gasteiger partial charge < -0.3 is 0 Å². The van der Waals surface area contributed by atoms with Gasteiger partial charge in [0.2, 0.25) is 20.0 Å². The van der Waals surface area contributed by atoms with Crippen molar-refractivity contribution in [2.45, 2.75) is 29.8 Å². The van der Waals surface area contributed by atoms with Crippen LogP contribution in [0.1, 0.15) is 12.5 Å². The van der Waals surface area contributed by atoms with E-state index in [1.165, 1.54) is 20.7 Å². The van der Waals surface area contributed by atoms with Crippen molar-refractivity contribution in [1.82, 2.24) is 8.61 Å². The Kier molecular flexibility index (Phi) is 4.72. The molecular weight excluding hydrogens is 360 g/mol. The van der Waals surface area contributed by atoms with E-state index in [-0.39, 0.29) is 22.9 Å². The molecule has 1 aliphatic heterocycles. The Hall–Kier alpha value is -1.74. The molecule has 0 unspecified atom stereocenters. The Bertz CT molecular complexity index is 955. The van der Waals surface area contributed by atoms with Gasteiger partial charge in [-0.15, -0.1) is 0 Å². The van der Waals surface area contributed by atoms with Crippen molar-refractivity contribution in [2.24, 2.45) is 0 Å². The second kappa shape index (κ2) is 6.53. The van der Waals surface area contributed by atoms with Crippen LogP contribution in [0.15, 0.2) is 64.4 Å². The van der Waals surface area contributed by atoms with Gasteiger partial charge in [-0.05, 0) is 38.1 Å². The van der Waals surface area contributed by atoms with Crippen molar-refractivity contribution in [2.75, 3.05) is 13.1 Å². The first-order chi connectivity index (χ1) is 11.7. The maximum Gasteiger partial charge on any atom is 0.244 e. The van der Waals surface area contributed by atoms with Crippen LogP contribution >= 0.6 is 0 Å². The second-order valence-electron chi connectivity index (χ2n) is 5.99. The molecule has 0 saturated carbocycles. The van der Waals surface area contributed by atoms with Gasteiger partial charge in [-0.2, -0.15) is 8.61 Å². The number of hydrogen-bond acceptors (Lipinski definition) is 4. The molecule has 0 aromatic heterocycles. The standard InChI is InChI=1S/C17H20N2O4S2/c1-14-8-10-17(11-9-14)25(22,23)19-13-12-18(15(19)2)24(20,21)16-6-4-3-5-7-16/h3-11,15H,12-13H2,1-2H3/t15-/m0/s1. The molecule has 0 amide bonds. The monoisotopic (exact) mass is 380 g/mol. The fourth-order valence-electron chi connectivity index (χ4n) is 2.93. The molecule has 1 aliphatic rings. The Labute approximate surface area is 148 Å². The molecule has 0 radical (unpaired) electrons. The summed E-state index contributed by atoms with van der Waals surface area (Å²) >= 11 is 0. The average Bonchev–Trinajstić information content (AvgIpc) is 2.99. The van der Waals surface area contributed by atoms with Gasteiger partial charge in [0.05, 0.1) is 16.0 Å². The lowest BCUT2D eigenvalue weighted by Gasteiger charge is -2.26. The van der Waals surface area contributed by atoms with Gasteiger partial charge in [-0.3, -0.25) is 0 Å². The molecule has 2 aromatic carbocycles. The third-order valence-electron chi connectivity index (χ3n) is 4.35. The molecule has 0 bridgehead atoms. The van der Waals surface area contributed by atoms with Crippen molar-refractivity contribution >= 4 is 20.0 Å². The summed E-state index contributed by atoms with van der Waals surface area (Å²) in [7, 11) is -7.50. The van der Waals surface area contributed by atoms with Crippen LogP contribution in [0, 0.1) is 6.92 Å². The summed E-state index contributed by atoms with van der Waals surface area (Å²) in [5.41, 5.74) is 0.960. The zero-order chi connectivity index (χ0) is 18.2. The normalized spacial score (nSPS) is 20.0. The van der Waals surface area contributed by atoms with Crippen LogP contribution in [0.2, 0.25) is 0 Å². The molecule has 0 spiro atoms. The first-order valence-corrected chi connectivity index (χ1v) is 10.8.